The number of halogens is 1. The molecular formula is C17H18BrNO2. The second kappa shape index (κ2) is 6.76. The zero-order valence-electron chi connectivity index (χ0n) is 12.1. The van der Waals surface area contributed by atoms with Gasteiger partial charge >= 0.3 is 5.97 Å². The third kappa shape index (κ3) is 3.64. The molecule has 1 atom stereocenters. The number of hydrogen-bond donors (Lipinski definition) is 2. The Morgan fingerprint density at radius 2 is 2.00 bits per heavy atom. The van der Waals surface area contributed by atoms with Gasteiger partial charge < -0.3 is 10.4 Å². The predicted molar refractivity (Wildman–Crippen MR) is 88.9 cm³/mol. The summed E-state index contributed by atoms with van der Waals surface area (Å²) in [6.45, 7) is 3.94. The fourth-order valence-electron chi connectivity index (χ4n) is 2.36. The smallest absolute Gasteiger partial charge is 0.336 e. The molecule has 0 bridgehead atoms. The fourth-order valence-corrected chi connectivity index (χ4v) is 2.77. The van der Waals surface area contributed by atoms with Crippen LogP contribution < -0.4 is 5.32 Å². The minimum absolute atomic E-state index is 0.144. The summed E-state index contributed by atoms with van der Waals surface area (Å²) >= 11 is 3.48. The molecule has 0 heterocycles. The van der Waals surface area contributed by atoms with E-state index in [9.17, 15) is 9.90 Å². The van der Waals surface area contributed by atoms with Crippen molar-refractivity contribution in [2.75, 3.05) is 5.32 Å². The number of carboxylic acid groups (broad SMARTS) is 1. The lowest BCUT2D eigenvalue weighted by atomic mass is 10.0. The van der Waals surface area contributed by atoms with Crippen LogP contribution >= 0.6 is 15.9 Å². The highest BCUT2D eigenvalue weighted by molar-refractivity contribution is 9.10. The van der Waals surface area contributed by atoms with Gasteiger partial charge in [-0.25, -0.2) is 4.79 Å². The Kier molecular flexibility index (Phi) is 5.02. The van der Waals surface area contributed by atoms with Crippen LogP contribution in [-0.2, 0) is 0 Å². The maximum absolute atomic E-state index is 11.2. The maximum Gasteiger partial charge on any atom is 0.336 e. The molecule has 0 amide bonds. The van der Waals surface area contributed by atoms with E-state index in [2.05, 4.69) is 40.3 Å². The Balaban J connectivity index is 2.31. The van der Waals surface area contributed by atoms with Gasteiger partial charge in [0, 0.05) is 10.2 Å². The van der Waals surface area contributed by atoms with Gasteiger partial charge in [-0.3, -0.25) is 0 Å². The Labute approximate surface area is 133 Å². The normalized spacial score (nSPS) is 12.0. The molecule has 2 N–H and O–H groups in total. The first-order valence-corrected chi connectivity index (χ1v) is 7.67. The van der Waals surface area contributed by atoms with Gasteiger partial charge in [0.05, 0.1) is 11.6 Å². The number of hydrogen-bond acceptors (Lipinski definition) is 2. The molecule has 0 aromatic heterocycles. The van der Waals surface area contributed by atoms with Crippen LogP contribution in [0.1, 0.15) is 40.9 Å². The second-order valence-electron chi connectivity index (χ2n) is 4.94. The quantitative estimate of drug-likeness (QED) is 0.798. The van der Waals surface area contributed by atoms with Crippen molar-refractivity contribution in [3.8, 4) is 0 Å². The summed E-state index contributed by atoms with van der Waals surface area (Å²) < 4.78 is 1.04. The first kappa shape index (κ1) is 15.6. The second-order valence-corrected chi connectivity index (χ2v) is 5.86. The highest BCUT2D eigenvalue weighted by atomic mass is 79.9. The van der Waals surface area contributed by atoms with E-state index in [0.29, 0.717) is 5.56 Å². The van der Waals surface area contributed by atoms with Gasteiger partial charge in [0.25, 0.3) is 0 Å². The van der Waals surface area contributed by atoms with Gasteiger partial charge in [-0.2, -0.15) is 0 Å². The molecule has 110 valence electrons. The minimum Gasteiger partial charge on any atom is -0.478 e. The summed E-state index contributed by atoms with van der Waals surface area (Å²) in [5.41, 5.74) is 3.14. The van der Waals surface area contributed by atoms with E-state index < -0.39 is 5.97 Å². The number of carboxylic acids is 1. The van der Waals surface area contributed by atoms with Gasteiger partial charge in [-0.1, -0.05) is 41.1 Å². The number of nitrogens with one attached hydrogen (secondary N) is 1. The summed E-state index contributed by atoms with van der Waals surface area (Å²) in [7, 11) is 0. The molecular weight excluding hydrogens is 330 g/mol. The maximum atomic E-state index is 11.2. The average molecular weight is 348 g/mol. The Hall–Kier alpha value is -1.81. The van der Waals surface area contributed by atoms with E-state index in [1.807, 2.05) is 25.1 Å². The molecule has 0 saturated heterocycles. The number of benzene rings is 2. The Bertz CT molecular complexity index is 655. The molecule has 0 saturated carbocycles. The van der Waals surface area contributed by atoms with Crippen molar-refractivity contribution in [2.45, 2.75) is 26.3 Å². The largest absolute Gasteiger partial charge is 0.478 e. The van der Waals surface area contributed by atoms with Crippen molar-refractivity contribution in [3.63, 3.8) is 0 Å². The molecule has 0 fully saturated rings. The molecule has 1 unspecified atom stereocenters. The molecule has 3 nitrogen and oxygen atoms in total. The van der Waals surface area contributed by atoms with Crippen LogP contribution in [0.3, 0.4) is 0 Å². The van der Waals surface area contributed by atoms with Crippen LogP contribution in [0.15, 0.2) is 46.9 Å². The SMILES string of the molecule is CCC(Nc1cccc(C(=O)O)c1C)c1cccc(Br)c1. The zero-order valence-corrected chi connectivity index (χ0v) is 13.6. The molecule has 21 heavy (non-hydrogen) atoms. The van der Waals surface area contributed by atoms with Gasteiger partial charge in [0.2, 0.25) is 0 Å². The van der Waals surface area contributed by atoms with Crippen molar-refractivity contribution in [2.24, 2.45) is 0 Å². The molecule has 0 radical (unpaired) electrons. The number of rotatable bonds is 5. The lowest BCUT2D eigenvalue weighted by Gasteiger charge is -2.21. The minimum atomic E-state index is -0.897. The van der Waals surface area contributed by atoms with Crippen molar-refractivity contribution < 1.29 is 9.90 Å². The number of carbonyl (C=O) groups is 1. The molecule has 0 aliphatic heterocycles. The van der Waals surface area contributed by atoms with E-state index in [-0.39, 0.29) is 6.04 Å². The first-order valence-electron chi connectivity index (χ1n) is 6.87. The lowest BCUT2D eigenvalue weighted by molar-refractivity contribution is 0.0696. The molecule has 2 aromatic carbocycles. The number of aromatic carboxylic acids is 1. The molecule has 0 aliphatic rings. The van der Waals surface area contributed by atoms with E-state index in [1.165, 1.54) is 5.56 Å². The van der Waals surface area contributed by atoms with Gasteiger partial charge in [-0.05, 0) is 48.7 Å². The van der Waals surface area contributed by atoms with Crippen molar-refractivity contribution in [3.05, 3.63) is 63.6 Å². The van der Waals surface area contributed by atoms with E-state index in [0.717, 1.165) is 22.1 Å². The summed E-state index contributed by atoms with van der Waals surface area (Å²) in [6.07, 6.45) is 0.910. The molecule has 2 rings (SSSR count). The van der Waals surface area contributed by atoms with Crippen LogP contribution in [0.4, 0.5) is 5.69 Å². The van der Waals surface area contributed by atoms with Crippen molar-refractivity contribution in [1.82, 2.24) is 0 Å². The van der Waals surface area contributed by atoms with E-state index in [4.69, 9.17) is 0 Å². The van der Waals surface area contributed by atoms with Crippen LogP contribution in [0.5, 0.6) is 0 Å². The van der Waals surface area contributed by atoms with Gasteiger partial charge in [0.1, 0.15) is 0 Å². The van der Waals surface area contributed by atoms with Crippen LogP contribution in [0, 0.1) is 6.92 Å². The topological polar surface area (TPSA) is 49.3 Å². The van der Waals surface area contributed by atoms with Gasteiger partial charge in [0.15, 0.2) is 0 Å². The third-order valence-electron chi connectivity index (χ3n) is 3.55. The number of anilines is 1. The predicted octanol–water partition coefficient (Wildman–Crippen LogP) is 5.02. The molecule has 2 aromatic rings. The van der Waals surface area contributed by atoms with Crippen molar-refractivity contribution in [1.29, 1.82) is 0 Å². The van der Waals surface area contributed by atoms with Crippen LogP contribution in [0.25, 0.3) is 0 Å². The van der Waals surface area contributed by atoms with Crippen molar-refractivity contribution >= 4 is 27.6 Å². The molecule has 0 aliphatic carbocycles. The lowest BCUT2D eigenvalue weighted by Crippen LogP contribution is -2.12. The molecule has 0 spiro atoms. The summed E-state index contributed by atoms with van der Waals surface area (Å²) in [6, 6.07) is 13.6. The van der Waals surface area contributed by atoms with Crippen LogP contribution in [-0.4, -0.2) is 11.1 Å². The standard InChI is InChI=1S/C17H18BrNO2/c1-3-15(12-6-4-7-13(18)10-12)19-16-9-5-8-14(11(16)2)17(20)21/h4-10,15,19H,3H2,1-2H3,(H,20,21). The Morgan fingerprint density at radius 1 is 1.29 bits per heavy atom. The summed E-state index contributed by atoms with van der Waals surface area (Å²) in [5, 5.41) is 12.7. The fraction of sp³-hybridized carbons (Fsp3) is 0.235. The zero-order chi connectivity index (χ0) is 15.4. The van der Waals surface area contributed by atoms with E-state index >= 15 is 0 Å². The summed E-state index contributed by atoms with van der Waals surface area (Å²) in [4.78, 5) is 11.2. The highest BCUT2D eigenvalue weighted by Gasteiger charge is 2.14. The third-order valence-corrected chi connectivity index (χ3v) is 4.05. The summed E-state index contributed by atoms with van der Waals surface area (Å²) in [5.74, 6) is -0.897. The monoisotopic (exact) mass is 347 g/mol. The Morgan fingerprint density at radius 3 is 2.62 bits per heavy atom. The van der Waals surface area contributed by atoms with Crippen LogP contribution in [0.2, 0.25) is 0 Å². The molecule has 4 heteroatoms. The highest BCUT2D eigenvalue weighted by Crippen LogP contribution is 2.27. The average Bonchev–Trinajstić information content (AvgIpc) is 2.46. The first-order chi connectivity index (χ1) is 10.0. The van der Waals surface area contributed by atoms with Gasteiger partial charge in [-0.15, -0.1) is 0 Å². The van der Waals surface area contributed by atoms with E-state index in [1.54, 1.807) is 12.1 Å².